The molecule has 0 rings (SSSR count). The number of hydrogen-bond acceptors (Lipinski definition) is 6. The first-order valence-corrected chi connectivity index (χ1v) is 5.52. The molecule has 0 spiro atoms. The summed E-state index contributed by atoms with van der Waals surface area (Å²) in [6, 6.07) is 0. The highest BCUT2D eigenvalue weighted by atomic mass is 32.2. The first-order valence-electron chi connectivity index (χ1n) is 2.33. The molecule has 11 heavy (non-hydrogen) atoms. The zero-order valence-electron chi connectivity index (χ0n) is 5.30. The van der Waals surface area contributed by atoms with Crippen molar-refractivity contribution in [1.29, 1.82) is 0 Å². The van der Waals surface area contributed by atoms with Gasteiger partial charge in [-0.2, -0.15) is 27.0 Å². The van der Waals surface area contributed by atoms with Crippen LogP contribution >= 0.6 is 0 Å². The summed E-state index contributed by atoms with van der Waals surface area (Å²) in [6.07, 6.45) is 0. The van der Waals surface area contributed by atoms with Crippen molar-refractivity contribution in [2.24, 2.45) is 5.90 Å². The molecule has 0 radical (unpaired) electrons. The van der Waals surface area contributed by atoms with E-state index in [1.165, 1.54) is 0 Å². The van der Waals surface area contributed by atoms with Crippen LogP contribution in [0.1, 0.15) is 0 Å². The van der Waals surface area contributed by atoms with E-state index in [0.29, 0.717) is 0 Å². The predicted octanol–water partition coefficient (Wildman–Crippen LogP) is -1.91. The van der Waals surface area contributed by atoms with Crippen molar-refractivity contribution in [2.75, 3.05) is 11.5 Å². The fourth-order valence-electron chi connectivity index (χ4n) is 0.255. The van der Waals surface area contributed by atoms with Crippen LogP contribution in [-0.2, 0) is 24.5 Å². The molecular weight excluding hydrogens is 198 g/mol. The summed E-state index contributed by atoms with van der Waals surface area (Å²) in [4.78, 5) is 0. The second-order valence-electron chi connectivity index (χ2n) is 1.64. The van der Waals surface area contributed by atoms with Gasteiger partial charge in [-0.25, -0.2) is 0 Å². The molecule has 0 amide bonds. The average molecular weight is 205 g/mol. The van der Waals surface area contributed by atoms with Crippen molar-refractivity contribution < 1.29 is 25.7 Å². The molecular formula is C2H7NO6S2. The Balaban J connectivity index is 4.13. The van der Waals surface area contributed by atoms with Gasteiger partial charge in [0.05, 0.1) is 11.5 Å². The molecule has 0 unspecified atom stereocenters. The van der Waals surface area contributed by atoms with Crippen molar-refractivity contribution in [3.8, 4) is 0 Å². The molecule has 0 aromatic carbocycles. The second kappa shape index (κ2) is 3.45. The van der Waals surface area contributed by atoms with Gasteiger partial charge in [0.15, 0.2) is 0 Å². The van der Waals surface area contributed by atoms with E-state index in [0.717, 1.165) is 0 Å². The van der Waals surface area contributed by atoms with Gasteiger partial charge in [0.25, 0.3) is 20.2 Å². The molecule has 0 saturated heterocycles. The lowest BCUT2D eigenvalue weighted by atomic mass is 11.0. The van der Waals surface area contributed by atoms with Gasteiger partial charge in [0.1, 0.15) is 0 Å². The summed E-state index contributed by atoms with van der Waals surface area (Å²) in [5.41, 5.74) is 0. The molecule has 0 aliphatic heterocycles. The van der Waals surface area contributed by atoms with E-state index in [1.54, 1.807) is 0 Å². The summed E-state index contributed by atoms with van der Waals surface area (Å²) < 4.78 is 52.1. The van der Waals surface area contributed by atoms with Crippen LogP contribution in [0.25, 0.3) is 0 Å². The Labute approximate surface area is 64.0 Å². The van der Waals surface area contributed by atoms with Crippen molar-refractivity contribution in [3.63, 3.8) is 0 Å². The smallest absolute Gasteiger partial charge is 0.284 e. The van der Waals surface area contributed by atoms with Crippen molar-refractivity contribution in [2.45, 2.75) is 0 Å². The van der Waals surface area contributed by atoms with Crippen molar-refractivity contribution in [3.05, 3.63) is 0 Å². The zero-order chi connectivity index (χ0) is 9.12. The van der Waals surface area contributed by atoms with Gasteiger partial charge in [-0.05, 0) is 0 Å². The molecule has 0 heterocycles. The zero-order valence-corrected chi connectivity index (χ0v) is 6.93. The third-order valence-corrected chi connectivity index (χ3v) is 2.71. The summed E-state index contributed by atoms with van der Waals surface area (Å²) in [7, 11) is -8.30. The maximum atomic E-state index is 10.3. The fourth-order valence-corrected chi connectivity index (χ4v) is 2.01. The van der Waals surface area contributed by atoms with Crippen molar-refractivity contribution >= 4 is 20.2 Å². The van der Waals surface area contributed by atoms with Crippen LogP contribution in [0.15, 0.2) is 0 Å². The van der Waals surface area contributed by atoms with Crippen LogP contribution in [0.2, 0.25) is 0 Å². The molecule has 7 nitrogen and oxygen atoms in total. The topological polar surface area (TPSA) is 124 Å². The van der Waals surface area contributed by atoms with Crippen LogP contribution in [0.4, 0.5) is 0 Å². The molecule has 9 heteroatoms. The minimum absolute atomic E-state index is 0.859. The van der Waals surface area contributed by atoms with Gasteiger partial charge in [0, 0.05) is 0 Å². The fraction of sp³-hybridized carbons (Fsp3) is 1.00. The van der Waals surface area contributed by atoms with Crippen LogP contribution in [-0.4, -0.2) is 32.9 Å². The molecule has 0 bridgehead atoms. The lowest BCUT2D eigenvalue weighted by molar-refractivity contribution is 0.333. The Morgan fingerprint density at radius 1 is 1.18 bits per heavy atom. The standard InChI is InChI=1S/C2H7NO6S2/c3-9-11(7,8)2-1-10(4,5)6/h1-3H2,(H,4,5,6). The van der Waals surface area contributed by atoms with Crippen LogP contribution in [0, 0.1) is 0 Å². The molecule has 0 aliphatic carbocycles. The Morgan fingerprint density at radius 3 is 1.91 bits per heavy atom. The minimum Gasteiger partial charge on any atom is -0.286 e. The van der Waals surface area contributed by atoms with Crippen LogP contribution in [0.3, 0.4) is 0 Å². The lowest BCUT2D eigenvalue weighted by Crippen LogP contribution is -2.20. The van der Waals surface area contributed by atoms with E-state index in [9.17, 15) is 16.8 Å². The Kier molecular flexibility index (Phi) is 3.38. The number of nitrogens with two attached hydrogens (primary N) is 1. The maximum Gasteiger partial charge on any atom is 0.284 e. The first-order chi connectivity index (χ1) is 4.77. The summed E-state index contributed by atoms with van der Waals surface area (Å²) in [5, 5.41) is 0. The number of hydrogen-bond donors (Lipinski definition) is 2. The van der Waals surface area contributed by atoms with Gasteiger partial charge in [-0.1, -0.05) is 0 Å². The summed E-state index contributed by atoms with van der Waals surface area (Å²) in [5.74, 6) is 2.49. The van der Waals surface area contributed by atoms with Crippen LogP contribution < -0.4 is 5.90 Å². The van der Waals surface area contributed by atoms with E-state index in [1.807, 2.05) is 0 Å². The van der Waals surface area contributed by atoms with Gasteiger partial charge >= 0.3 is 0 Å². The lowest BCUT2D eigenvalue weighted by Gasteiger charge is -1.96. The molecule has 0 aromatic rings. The molecule has 0 atom stereocenters. The van der Waals surface area contributed by atoms with E-state index in [2.05, 4.69) is 10.2 Å². The minimum atomic E-state index is -4.28. The predicted molar refractivity (Wildman–Crippen MR) is 35.5 cm³/mol. The SMILES string of the molecule is NOS(=O)(=O)CCS(=O)(=O)O. The Bertz CT molecular complexity index is 299. The highest BCUT2D eigenvalue weighted by molar-refractivity contribution is 7.90. The van der Waals surface area contributed by atoms with Crippen molar-refractivity contribution in [1.82, 2.24) is 0 Å². The average Bonchev–Trinajstić information content (AvgIpc) is 1.83. The van der Waals surface area contributed by atoms with E-state index in [4.69, 9.17) is 4.55 Å². The molecule has 0 saturated carbocycles. The molecule has 68 valence electrons. The maximum absolute atomic E-state index is 10.3. The normalized spacial score (nSPS) is 13.3. The summed E-state index contributed by atoms with van der Waals surface area (Å²) >= 11 is 0. The third kappa shape index (κ3) is 6.19. The largest absolute Gasteiger partial charge is 0.286 e. The van der Waals surface area contributed by atoms with Gasteiger partial charge < -0.3 is 0 Å². The van der Waals surface area contributed by atoms with E-state index < -0.39 is 31.7 Å². The molecule has 0 aliphatic rings. The molecule has 0 aromatic heterocycles. The second-order valence-corrected chi connectivity index (χ2v) is 4.93. The van der Waals surface area contributed by atoms with E-state index in [-0.39, 0.29) is 0 Å². The first kappa shape index (κ1) is 10.8. The Hall–Kier alpha value is -0.220. The van der Waals surface area contributed by atoms with Gasteiger partial charge in [0.2, 0.25) is 0 Å². The highest BCUT2D eigenvalue weighted by Crippen LogP contribution is 1.90. The summed E-state index contributed by atoms with van der Waals surface area (Å²) in [6.45, 7) is 0. The van der Waals surface area contributed by atoms with E-state index >= 15 is 0 Å². The quantitative estimate of drug-likeness (QED) is 0.405. The van der Waals surface area contributed by atoms with Gasteiger partial charge in [-0.3, -0.25) is 4.55 Å². The highest BCUT2D eigenvalue weighted by Gasteiger charge is 2.14. The Morgan fingerprint density at radius 2 is 1.64 bits per heavy atom. The molecule has 3 N–H and O–H groups in total. The third-order valence-electron chi connectivity index (χ3n) is 0.738. The van der Waals surface area contributed by atoms with Crippen LogP contribution in [0.5, 0.6) is 0 Å². The van der Waals surface area contributed by atoms with Gasteiger partial charge in [-0.15, -0.1) is 0 Å². The monoisotopic (exact) mass is 205 g/mol. The number of rotatable bonds is 4. The molecule has 0 fully saturated rings.